The van der Waals surface area contributed by atoms with Crippen molar-refractivity contribution in [3.8, 4) is 5.75 Å². The molecule has 2 fully saturated rings. The number of carbonyl (C=O) groups excluding carboxylic acids is 3. The van der Waals surface area contributed by atoms with E-state index >= 15 is 0 Å². The van der Waals surface area contributed by atoms with Gasteiger partial charge in [-0.25, -0.2) is 14.8 Å². The van der Waals surface area contributed by atoms with Gasteiger partial charge in [0.15, 0.2) is 6.10 Å². The number of hydroxylamine groups is 1. The fraction of sp³-hybridized carbons (Fsp3) is 0.406. The molecule has 2 amide bonds. The molecule has 3 aliphatic rings. The molecule has 4 atom stereocenters. The number of halogens is 1. The van der Waals surface area contributed by atoms with Crippen molar-refractivity contribution in [2.75, 3.05) is 24.2 Å². The van der Waals surface area contributed by atoms with Gasteiger partial charge in [0.05, 0.1) is 31.5 Å². The van der Waals surface area contributed by atoms with Crippen LogP contribution in [0.15, 0.2) is 53.0 Å². The lowest BCUT2D eigenvalue weighted by Crippen LogP contribution is -2.37. The van der Waals surface area contributed by atoms with Gasteiger partial charge in [0.1, 0.15) is 16.7 Å². The number of ether oxygens (including phenoxy) is 2. The molecule has 0 spiro atoms. The molecule has 2 saturated heterocycles. The second-order valence-corrected chi connectivity index (χ2v) is 14.0. The normalized spacial score (nSPS) is 23.7. The van der Waals surface area contributed by atoms with E-state index in [1.54, 1.807) is 12.2 Å². The van der Waals surface area contributed by atoms with Crippen molar-refractivity contribution >= 4 is 55.7 Å². The van der Waals surface area contributed by atoms with Crippen LogP contribution >= 0.6 is 27.3 Å². The fourth-order valence-corrected chi connectivity index (χ4v) is 8.25. The van der Waals surface area contributed by atoms with E-state index in [4.69, 9.17) is 14.3 Å². The van der Waals surface area contributed by atoms with E-state index in [0.717, 1.165) is 27.8 Å². The molecule has 0 N–H and O–H groups in total. The summed E-state index contributed by atoms with van der Waals surface area (Å²) in [6.07, 6.45) is 1.33. The van der Waals surface area contributed by atoms with E-state index in [2.05, 4.69) is 36.7 Å². The lowest BCUT2D eigenvalue weighted by Gasteiger charge is -2.33. The van der Waals surface area contributed by atoms with E-state index in [1.165, 1.54) is 23.3 Å². The van der Waals surface area contributed by atoms with E-state index in [-0.39, 0.29) is 5.41 Å². The zero-order valence-electron chi connectivity index (χ0n) is 24.2. The molecule has 2 aromatic carbocycles. The van der Waals surface area contributed by atoms with Crippen LogP contribution in [-0.2, 0) is 32.0 Å². The number of methoxy groups -OCH3 is 2. The van der Waals surface area contributed by atoms with Crippen LogP contribution in [0.2, 0.25) is 0 Å². The Hall–Kier alpha value is -3.21. The molecular formula is C32H33BrN2O6S. The van der Waals surface area contributed by atoms with Crippen LogP contribution in [0.1, 0.15) is 59.6 Å². The van der Waals surface area contributed by atoms with Gasteiger partial charge in [-0.2, -0.15) is 0 Å². The largest absolute Gasteiger partial charge is 0.496 e. The highest BCUT2D eigenvalue weighted by Crippen LogP contribution is 2.52. The Morgan fingerprint density at radius 1 is 1.07 bits per heavy atom. The molecule has 0 bridgehead atoms. The van der Waals surface area contributed by atoms with Gasteiger partial charge in [-0.05, 0) is 66.5 Å². The van der Waals surface area contributed by atoms with Crippen molar-refractivity contribution in [2.24, 2.45) is 17.3 Å². The molecule has 0 radical (unpaired) electrons. The average Bonchev–Trinajstić information content (AvgIpc) is 3.62. The van der Waals surface area contributed by atoms with Crippen LogP contribution in [0.5, 0.6) is 5.75 Å². The molecule has 3 aromatic rings. The van der Waals surface area contributed by atoms with Gasteiger partial charge >= 0.3 is 5.97 Å². The molecule has 0 saturated carbocycles. The topological polar surface area (TPSA) is 85.4 Å². The molecule has 220 valence electrons. The standard InChI is InChI=1S/C32H33BrN2O6S/c1-32(2,3)17-11-13-20-23(15-17)42-30(24(20)31(38)40-5)34-28(36)25-26(21-16-18(33)12-14-22(21)39-4)35(41-27(25)29(34)37)19-9-7-6-8-10-19/h6-10,12,14,16-17,25-27H,11,13,15H2,1-5H3/t17-,25+,26+,27+/m0/s1. The summed E-state index contributed by atoms with van der Waals surface area (Å²) in [6, 6.07) is 14.3. The summed E-state index contributed by atoms with van der Waals surface area (Å²) in [6.45, 7) is 6.66. The van der Waals surface area contributed by atoms with Crippen molar-refractivity contribution in [1.29, 1.82) is 0 Å². The Morgan fingerprint density at radius 3 is 2.48 bits per heavy atom. The van der Waals surface area contributed by atoms with Crippen molar-refractivity contribution in [2.45, 2.75) is 52.2 Å². The highest BCUT2D eigenvalue weighted by atomic mass is 79.9. The van der Waals surface area contributed by atoms with Gasteiger partial charge in [0.25, 0.3) is 5.91 Å². The molecular weight excluding hydrogens is 620 g/mol. The Labute approximate surface area is 257 Å². The number of rotatable bonds is 5. The number of hydrogen-bond donors (Lipinski definition) is 0. The number of thiophene rings is 1. The van der Waals surface area contributed by atoms with Gasteiger partial charge < -0.3 is 9.47 Å². The summed E-state index contributed by atoms with van der Waals surface area (Å²) in [7, 11) is 2.90. The summed E-state index contributed by atoms with van der Waals surface area (Å²) in [5.74, 6) is -1.31. The van der Waals surface area contributed by atoms with Crippen molar-refractivity contribution < 1.29 is 28.7 Å². The minimum Gasteiger partial charge on any atom is -0.496 e. The summed E-state index contributed by atoms with van der Waals surface area (Å²) >= 11 is 4.91. The summed E-state index contributed by atoms with van der Waals surface area (Å²) in [4.78, 5) is 50.3. The number of amides is 2. The third-order valence-corrected chi connectivity index (χ3v) is 10.4. The first-order chi connectivity index (χ1) is 20.0. The number of carbonyl (C=O) groups is 3. The maximum absolute atomic E-state index is 14.4. The van der Waals surface area contributed by atoms with Crippen LogP contribution in [0.25, 0.3) is 0 Å². The molecule has 0 unspecified atom stereocenters. The first-order valence-corrected chi connectivity index (χ1v) is 15.6. The zero-order chi connectivity index (χ0) is 29.9. The second kappa shape index (κ2) is 10.8. The number of benzene rings is 2. The van der Waals surface area contributed by atoms with Crippen LogP contribution in [-0.4, -0.2) is 38.1 Å². The van der Waals surface area contributed by atoms with Crippen LogP contribution in [0, 0.1) is 17.3 Å². The Morgan fingerprint density at radius 2 is 1.81 bits per heavy atom. The predicted octanol–water partition coefficient (Wildman–Crippen LogP) is 6.51. The lowest BCUT2D eigenvalue weighted by atomic mass is 9.72. The third-order valence-electron chi connectivity index (χ3n) is 8.70. The van der Waals surface area contributed by atoms with Gasteiger partial charge in [-0.3, -0.25) is 14.4 Å². The average molecular weight is 654 g/mol. The van der Waals surface area contributed by atoms with Crippen LogP contribution < -0.4 is 14.7 Å². The number of esters is 1. The maximum atomic E-state index is 14.4. The quantitative estimate of drug-likeness (QED) is 0.229. The predicted molar refractivity (Wildman–Crippen MR) is 164 cm³/mol. The monoisotopic (exact) mass is 652 g/mol. The molecule has 42 heavy (non-hydrogen) atoms. The highest BCUT2D eigenvalue weighted by Gasteiger charge is 2.61. The number of imide groups is 1. The highest BCUT2D eigenvalue weighted by molar-refractivity contribution is 9.10. The number of nitrogens with zero attached hydrogens (tertiary/aromatic N) is 2. The molecule has 8 nitrogen and oxygen atoms in total. The van der Waals surface area contributed by atoms with E-state index in [0.29, 0.717) is 39.9 Å². The molecule has 1 aromatic heterocycles. The Balaban J connectivity index is 1.46. The van der Waals surface area contributed by atoms with Gasteiger partial charge in [-0.1, -0.05) is 54.9 Å². The van der Waals surface area contributed by atoms with Gasteiger partial charge in [0, 0.05) is 14.9 Å². The number of para-hydroxylation sites is 1. The van der Waals surface area contributed by atoms with Gasteiger partial charge in [0.2, 0.25) is 5.91 Å². The molecule has 1 aliphatic carbocycles. The molecule has 6 rings (SSSR count). The summed E-state index contributed by atoms with van der Waals surface area (Å²) in [5.41, 5.74) is 2.72. The zero-order valence-corrected chi connectivity index (χ0v) is 26.6. The number of fused-ring (bicyclic) bond motifs is 2. The molecule has 10 heteroatoms. The smallest absolute Gasteiger partial charge is 0.341 e. The van der Waals surface area contributed by atoms with Crippen LogP contribution in [0.4, 0.5) is 10.7 Å². The molecule has 3 heterocycles. The van der Waals surface area contributed by atoms with Crippen molar-refractivity contribution in [3.05, 3.63) is 74.6 Å². The number of anilines is 2. The Bertz CT molecular complexity index is 1560. The maximum Gasteiger partial charge on any atom is 0.341 e. The summed E-state index contributed by atoms with van der Waals surface area (Å²) < 4.78 is 11.7. The van der Waals surface area contributed by atoms with Gasteiger partial charge in [-0.15, -0.1) is 11.3 Å². The summed E-state index contributed by atoms with van der Waals surface area (Å²) in [5, 5.41) is 1.97. The van der Waals surface area contributed by atoms with Crippen molar-refractivity contribution in [3.63, 3.8) is 0 Å². The van der Waals surface area contributed by atoms with E-state index in [1.807, 2.05) is 48.5 Å². The second-order valence-electron chi connectivity index (χ2n) is 12.0. The Kier molecular flexibility index (Phi) is 7.43. The third kappa shape index (κ3) is 4.64. The van der Waals surface area contributed by atoms with E-state index < -0.39 is 35.8 Å². The first-order valence-electron chi connectivity index (χ1n) is 14.0. The minimum absolute atomic E-state index is 0.0918. The SMILES string of the molecule is COC(=O)c1c(N2C(=O)[C@@H]3[C@@H](c4cc(Br)ccc4OC)N(c4ccccc4)O[C@H]3C2=O)sc2c1CC[C@H](C(C)(C)C)C2. The first kappa shape index (κ1) is 28.9. The fourth-order valence-electron chi connectivity index (χ4n) is 6.45. The van der Waals surface area contributed by atoms with E-state index in [9.17, 15) is 14.4 Å². The lowest BCUT2D eigenvalue weighted by molar-refractivity contribution is -0.126. The number of hydrogen-bond acceptors (Lipinski definition) is 8. The van der Waals surface area contributed by atoms with Crippen molar-refractivity contribution in [1.82, 2.24) is 0 Å². The minimum atomic E-state index is -1.07. The van der Waals surface area contributed by atoms with Crippen LogP contribution in [0.3, 0.4) is 0 Å². The molecule has 2 aliphatic heterocycles.